The molecule has 0 heterocycles. The molecule has 0 aromatic rings. The van der Waals surface area contributed by atoms with Gasteiger partial charge in [0.25, 0.3) is 0 Å². The molecular weight excluding hydrogens is 170 g/mol. The molecule has 0 spiro atoms. The molecule has 0 aromatic heterocycles. The highest BCUT2D eigenvalue weighted by Gasteiger charge is 2.31. The highest BCUT2D eigenvalue weighted by atomic mass is 16.4. The topological polar surface area (TPSA) is 60.4 Å². The Kier molecular flexibility index (Phi) is 3.47. The van der Waals surface area contributed by atoms with E-state index in [2.05, 4.69) is 5.92 Å². The van der Waals surface area contributed by atoms with Crippen molar-refractivity contribution in [1.29, 1.82) is 0 Å². The van der Waals surface area contributed by atoms with Crippen LogP contribution in [0.4, 0.5) is 0 Å². The van der Waals surface area contributed by atoms with E-state index in [1.165, 1.54) is 0 Å². The number of hydrogen-bond acceptors (Lipinski definition) is 3. The van der Waals surface area contributed by atoms with Crippen LogP contribution in [0.25, 0.3) is 0 Å². The maximum atomic E-state index is 10.3. The summed E-state index contributed by atoms with van der Waals surface area (Å²) in [5, 5.41) is 19.9. The number of carboxylic acids is 1. The molecule has 0 radical (unpaired) electrons. The van der Waals surface area contributed by atoms with Gasteiger partial charge in [0, 0.05) is 12.4 Å². The number of aliphatic hydroxyl groups is 1. The zero-order valence-corrected chi connectivity index (χ0v) is 8.20. The van der Waals surface area contributed by atoms with E-state index in [1.54, 1.807) is 0 Å². The Hall–Kier alpha value is -1.05. The number of nitrogens with zero attached hydrogens (tertiary/aromatic N) is 1. The predicted molar refractivity (Wildman–Crippen MR) is 46.3 cm³/mol. The minimum atomic E-state index is -1.61. The lowest BCUT2D eigenvalue weighted by atomic mass is 10.00. The average Bonchev–Trinajstić information content (AvgIpc) is 1.81. The maximum absolute atomic E-state index is 10.3. The van der Waals surface area contributed by atoms with Crippen LogP contribution in [0.5, 0.6) is 0 Å². The Balaban J connectivity index is 4.49. The second-order valence-corrected chi connectivity index (χ2v) is 4.17. The highest BCUT2D eigenvalue weighted by molar-refractivity contribution is 5.66. The lowest BCUT2D eigenvalue weighted by Gasteiger charge is -2.32. The monoisotopic (exact) mass is 185 g/mol. The number of terminal acetylenes is 1. The molecule has 4 nitrogen and oxygen atoms in total. The van der Waals surface area contributed by atoms with Crippen LogP contribution in [0.2, 0.25) is 0 Å². The first-order valence-corrected chi connectivity index (χ1v) is 3.89. The third kappa shape index (κ3) is 5.23. The van der Waals surface area contributed by atoms with Crippen molar-refractivity contribution in [3.63, 3.8) is 0 Å². The Labute approximate surface area is 78.4 Å². The molecule has 74 valence electrons. The molecular formula is C9H15NO3. The van der Waals surface area contributed by atoms with E-state index in [4.69, 9.17) is 6.42 Å². The standard InChI is InChI=1S/C9H15NO3/c1-5-9(13,6-8(11)12)7-10(2,3)4/h1,13H,6-7H2,2-4H3/t9-/m1/s1. The van der Waals surface area contributed by atoms with Crippen LogP contribution in [0.1, 0.15) is 6.42 Å². The van der Waals surface area contributed by atoms with E-state index in [0.717, 1.165) is 0 Å². The largest absolute Gasteiger partial charge is 0.550 e. The molecule has 4 heteroatoms. The van der Waals surface area contributed by atoms with Crippen molar-refractivity contribution in [2.45, 2.75) is 12.0 Å². The lowest BCUT2D eigenvalue weighted by Crippen LogP contribution is -2.50. The number of aliphatic carboxylic acids is 1. The summed E-state index contributed by atoms with van der Waals surface area (Å²) in [4.78, 5) is 10.3. The first-order chi connectivity index (χ1) is 5.68. The molecule has 0 bridgehead atoms. The normalized spacial score (nSPS) is 15.9. The van der Waals surface area contributed by atoms with E-state index >= 15 is 0 Å². The van der Waals surface area contributed by atoms with Crippen molar-refractivity contribution in [3.8, 4) is 12.3 Å². The fourth-order valence-electron chi connectivity index (χ4n) is 1.18. The van der Waals surface area contributed by atoms with Gasteiger partial charge in [-0.05, 0) is 0 Å². The van der Waals surface area contributed by atoms with Crippen molar-refractivity contribution in [2.24, 2.45) is 0 Å². The Morgan fingerprint density at radius 2 is 2.08 bits per heavy atom. The number of carboxylic acid groups (broad SMARTS) is 1. The number of likely N-dealkylation sites (N-methyl/N-ethyl adjacent to an activating group) is 1. The van der Waals surface area contributed by atoms with E-state index in [0.29, 0.717) is 4.48 Å². The summed E-state index contributed by atoms with van der Waals surface area (Å²) in [5.74, 6) is 0.746. The van der Waals surface area contributed by atoms with Gasteiger partial charge in [-0.15, -0.1) is 6.42 Å². The van der Waals surface area contributed by atoms with Crippen LogP contribution in [-0.2, 0) is 4.79 Å². The molecule has 0 saturated heterocycles. The summed E-state index contributed by atoms with van der Waals surface area (Å²) in [6.07, 6.45) is 4.53. The highest BCUT2D eigenvalue weighted by Crippen LogP contribution is 2.12. The third-order valence-corrected chi connectivity index (χ3v) is 1.44. The first-order valence-electron chi connectivity index (χ1n) is 3.89. The minimum Gasteiger partial charge on any atom is -0.550 e. The number of hydrogen-bond donors (Lipinski definition) is 1. The van der Waals surface area contributed by atoms with Crippen LogP contribution < -0.4 is 5.11 Å². The molecule has 0 aliphatic carbocycles. The fraction of sp³-hybridized carbons (Fsp3) is 0.667. The quantitative estimate of drug-likeness (QED) is 0.415. The minimum absolute atomic E-state index is 0.178. The second kappa shape index (κ2) is 3.77. The van der Waals surface area contributed by atoms with Gasteiger partial charge in [0.15, 0.2) is 5.60 Å². The van der Waals surface area contributed by atoms with Crippen molar-refractivity contribution in [1.82, 2.24) is 0 Å². The second-order valence-electron chi connectivity index (χ2n) is 4.17. The smallest absolute Gasteiger partial charge is 0.179 e. The summed E-state index contributed by atoms with van der Waals surface area (Å²) in [6.45, 7) is 0.178. The van der Waals surface area contributed by atoms with Gasteiger partial charge < -0.3 is 19.5 Å². The van der Waals surface area contributed by atoms with Crippen molar-refractivity contribution < 1.29 is 19.5 Å². The molecule has 0 aromatic carbocycles. The summed E-state index contributed by atoms with van der Waals surface area (Å²) in [6, 6.07) is 0. The first kappa shape index (κ1) is 11.9. The van der Waals surface area contributed by atoms with E-state index in [1.807, 2.05) is 21.1 Å². The summed E-state index contributed by atoms with van der Waals surface area (Å²) in [7, 11) is 5.45. The molecule has 1 atom stereocenters. The number of carbonyl (C=O) groups excluding carboxylic acids is 1. The molecule has 0 aliphatic heterocycles. The predicted octanol–water partition coefficient (Wildman–Crippen LogP) is -1.80. The summed E-state index contributed by atoms with van der Waals surface area (Å²) in [5.41, 5.74) is -1.61. The Morgan fingerprint density at radius 1 is 1.62 bits per heavy atom. The van der Waals surface area contributed by atoms with E-state index < -0.39 is 18.0 Å². The van der Waals surface area contributed by atoms with Crippen molar-refractivity contribution in [2.75, 3.05) is 27.7 Å². The van der Waals surface area contributed by atoms with E-state index in [9.17, 15) is 15.0 Å². The lowest BCUT2D eigenvalue weighted by molar-refractivity contribution is -0.875. The van der Waals surface area contributed by atoms with Gasteiger partial charge in [0.2, 0.25) is 0 Å². The van der Waals surface area contributed by atoms with E-state index in [-0.39, 0.29) is 6.54 Å². The molecule has 1 N–H and O–H groups in total. The van der Waals surface area contributed by atoms with Crippen molar-refractivity contribution >= 4 is 5.97 Å². The molecule has 0 amide bonds. The van der Waals surface area contributed by atoms with Gasteiger partial charge >= 0.3 is 0 Å². The van der Waals surface area contributed by atoms with Crippen LogP contribution in [0, 0.1) is 12.3 Å². The molecule has 13 heavy (non-hydrogen) atoms. The van der Waals surface area contributed by atoms with Crippen molar-refractivity contribution in [3.05, 3.63) is 0 Å². The maximum Gasteiger partial charge on any atom is 0.179 e. The zero-order chi connectivity index (χ0) is 10.7. The van der Waals surface area contributed by atoms with Crippen LogP contribution in [-0.4, -0.2) is 48.8 Å². The number of rotatable bonds is 4. The van der Waals surface area contributed by atoms with Gasteiger partial charge in [-0.25, -0.2) is 0 Å². The number of quaternary nitrogens is 1. The molecule has 0 unspecified atom stereocenters. The fourth-order valence-corrected chi connectivity index (χ4v) is 1.18. The average molecular weight is 185 g/mol. The summed E-state index contributed by atoms with van der Waals surface area (Å²) >= 11 is 0. The molecule has 0 saturated carbocycles. The zero-order valence-electron chi connectivity index (χ0n) is 8.20. The molecule has 0 fully saturated rings. The van der Waals surface area contributed by atoms with Crippen LogP contribution >= 0.6 is 0 Å². The Bertz CT molecular complexity index is 236. The SMILES string of the molecule is C#C[C@@](O)(CC(=O)[O-])C[N+](C)(C)C. The summed E-state index contributed by atoms with van der Waals surface area (Å²) < 4.78 is 0.397. The van der Waals surface area contributed by atoms with Gasteiger partial charge in [-0.2, -0.15) is 0 Å². The van der Waals surface area contributed by atoms with Gasteiger partial charge in [0.05, 0.1) is 21.1 Å². The molecule has 0 aliphatic rings. The number of carbonyl (C=O) groups is 1. The van der Waals surface area contributed by atoms with Crippen LogP contribution in [0.15, 0.2) is 0 Å². The van der Waals surface area contributed by atoms with Gasteiger partial charge in [-0.1, -0.05) is 5.92 Å². The molecule has 0 rings (SSSR count). The van der Waals surface area contributed by atoms with Crippen LogP contribution in [0.3, 0.4) is 0 Å². The third-order valence-electron chi connectivity index (χ3n) is 1.44. The van der Waals surface area contributed by atoms with Gasteiger partial charge in [0.1, 0.15) is 6.54 Å². The Morgan fingerprint density at radius 3 is 2.31 bits per heavy atom. The van der Waals surface area contributed by atoms with Gasteiger partial charge in [-0.3, -0.25) is 0 Å².